The van der Waals surface area contributed by atoms with Crippen molar-refractivity contribution in [2.45, 2.75) is 45.9 Å². The van der Waals surface area contributed by atoms with Crippen molar-refractivity contribution in [1.29, 1.82) is 0 Å². The maximum Gasteiger partial charge on any atom is 0.161 e. The Bertz CT molecular complexity index is 397. The van der Waals surface area contributed by atoms with Gasteiger partial charge in [-0.25, -0.2) is 0 Å². The van der Waals surface area contributed by atoms with Crippen LogP contribution in [0.1, 0.15) is 33.3 Å². The van der Waals surface area contributed by atoms with Gasteiger partial charge >= 0.3 is 0 Å². The van der Waals surface area contributed by atoms with E-state index in [0.29, 0.717) is 11.5 Å². The molecule has 4 heteroatoms. The minimum absolute atomic E-state index is 0.0700. The lowest BCUT2D eigenvalue weighted by Crippen LogP contribution is -2.35. The third-order valence-corrected chi connectivity index (χ3v) is 2.53. The largest absolute Gasteiger partial charge is 0.493 e. The molecule has 1 unspecified atom stereocenters. The highest BCUT2D eigenvalue weighted by molar-refractivity contribution is 5.43. The first-order valence-electron chi connectivity index (χ1n) is 6.54. The number of nitrogens with one attached hydrogen (secondary N) is 1. The number of methoxy groups -OCH3 is 1. The molecule has 0 bridgehead atoms. The van der Waals surface area contributed by atoms with Crippen LogP contribution < -0.4 is 14.8 Å². The van der Waals surface area contributed by atoms with E-state index in [-0.39, 0.29) is 12.1 Å². The summed E-state index contributed by atoms with van der Waals surface area (Å²) in [7, 11) is 1.61. The molecule has 108 valence electrons. The molecule has 1 aromatic rings. The normalized spacial score (nSPS) is 13.2. The van der Waals surface area contributed by atoms with Gasteiger partial charge in [0.2, 0.25) is 0 Å². The second kappa shape index (κ2) is 6.78. The monoisotopic (exact) mass is 267 g/mol. The first kappa shape index (κ1) is 15.8. The molecular formula is C15H25NO3. The smallest absolute Gasteiger partial charge is 0.161 e. The predicted octanol–water partition coefficient (Wildman–Crippen LogP) is 2.34. The van der Waals surface area contributed by atoms with Gasteiger partial charge in [0.15, 0.2) is 11.5 Å². The van der Waals surface area contributed by atoms with Crippen molar-refractivity contribution in [2.24, 2.45) is 0 Å². The van der Waals surface area contributed by atoms with E-state index in [4.69, 9.17) is 9.47 Å². The molecule has 0 heterocycles. The van der Waals surface area contributed by atoms with Gasteiger partial charge in [-0.1, -0.05) is 6.07 Å². The standard InChI is InChI=1S/C15H25NO3/c1-11(17)10-19-14-8-12(6-7-13(14)18-5)9-16-15(2,3)4/h6-8,11,16-17H,9-10H2,1-5H3. The molecule has 0 aliphatic rings. The van der Waals surface area contributed by atoms with Gasteiger partial charge in [0.25, 0.3) is 0 Å². The van der Waals surface area contributed by atoms with Gasteiger partial charge in [0, 0.05) is 12.1 Å². The summed E-state index contributed by atoms with van der Waals surface area (Å²) in [6.07, 6.45) is -0.499. The molecule has 1 rings (SSSR count). The van der Waals surface area contributed by atoms with Gasteiger partial charge in [-0.15, -0.1) is 0 Å². The highest BCUT2D eigenvalue weighted by Crippen LogP contribution is 2.28. The molecule has 1 aromatic carbocycles. The zero-order valence-corrected chi connectivity index (χ0v) is 12.5. The van der Waals surface area contributed by atoms with E-state index in [1.807, 2.05) is 18.2 Å². The Morgan fingerprint density at radius 2 is 1.95 bits per heavy atom. The van der Waals surface area contributed by atoms with Crippen LogP contribution in [-0.4, -0.2) is 30.5 Å². The van der Waals surface area contributed by atoms with Gasteiger partial charge in [-0.05, 0) is 45.4 Å². The minimum atomic E-state index is -0.499. The first-order chi connectivity index (χ1) is 8.81. The molecule has 19 heavy (non-hydrogen) atoms. The summed E-state index contributed by atoms with van der Waals surface area (Å²) in [6, 6.07) is 5.84. The van der Waals surface area contributed by atoms with E-state index in [9.17, 15) is 5.11 Å². The van der Waals surface area contributed by atoms with Crippen molar-refractivity contribution in [1.82, 2.24) is 5.32 Å². The van der Waals surface area contributed by atoms with Crippen LogP contribution in [0.2, 0.25) is 0 Å². The maximum atomic E-state index is 9.28. The molecule has 0 fully saturated rings. The fourth-order valence-electron chi connectivity index (χ4n) is 1.52. The molecule has 4 nitrogen and oxygen atoms in total. The Kier molecular flexibility index (Phi) is 5.63. The third kappa shape index (κ3) is 5.94. The van der Waals surface area contributed by atoms with Crippen LogP contribution in [0.3, 0.4) is 0 Å². The van der Waals surface area contributed by atoms with Crippen LogP contribution in [0.5, 0.6) is 11.5 Å². The summed E-state index contributed by atoms with van der Waals surface area (Å²) in [4.78, 5) is 0. The van der Waals surface area contributed by atoms with Crippen molar-refractivity contribution in [3.63, 3.8) is 0 Å². The van der Waals surface area contributed by atoms with Gasteiger partial charge < -0.3 is 19.9 Å². The van der Waals surface area contributed by atoms with E-state index in [0.717, 1.165) is 12.1 Å². The number of hydrogen-bond donors (Lipinski definition) is 2. The Morgan fingerprint density at radius 3 is 2.47 bits per heavy atom. The molecule has 0 spiro atoms. The molecule has 0 saturated heterocycles. The SMILES string of the molecule is COc1ccc(CNC(C)(C)C)cc1OCC(C)O. The average molecular weight is 267 g/mol. The van der Waals surface area contributed by atoms with Crippen LogP contribution in [0.15, 0.2) is 18.2 Å². The number of aliphatic hydroxyl groups is 1. The van der Waals surface area contributed by atoms with Gasteiger partial charge in [0.1, 0.15) is 6.61 Å². The van der Waals surface area contributed by atoms with Crippen LogP contribution in [0, 0.1) is 0 Å². The number of rotatable bonds is 6. The minimum Gasteiger partial charge on any atom is -0.493 e. The Hall–Kier alpha value is -1.26. The molecule has 0 aliphatic carbocycles. The van der Waals surface area contributed by atoms with Crippen LogP contribution in [0.4, 0.5) is 0 Å². The number of hydrogen-bond acceptors (Lipinski definition) is 4. The lowest BCUT2D eigenvalue weighted by molar-refractivity contribution is 0.120. The molecule has 0 aliphatic heterocycles. The van der Waals surface area contributed by atoms with E-state index in [2.05, 4.69) is 26.1 Å². The van der Waals surface area contributed by atoms with Crippen molar-refractivity contribution in [3.8, 4) is 11.5 Å². The summed E-state index contributed by atoms with van der Waals surface area (Å²) in [5.41, 5.74) is 1.19. The summed E-state index contributed by atoms with van der Waals surface area (Å²) >= 11 is 0. The van der Waals surface area contributed by atoms with E-state index >= 15 is 0 Å². The Labute approximate surface area is 115 Å². The molecule has 2 N–H and O–H groups in total. The van der Waals surface area contributed by atoms with Crippen molar-refractivity contribution >= 4 is 0 Å². The quantitative estimate of drug-likeness (QED) is 0.830. The van der Waals surface area contributed by atoms with E-state index < -0.39 is 6.10 Å². The molecule has 0 saturated carbocycles. The molecule has 0 aromatic heterocycles. The molecule has 1 atom stereocenters. The van der Waals surface area contributed by atoms with E-state index in [1.54, 1.807) is 14.0 Å². The van der Waals surface area contributed by atoms with Gasteiger partial charge in [-0.2, -0.15) is 0 Å². The highest BCUT2D eigenvalue weighted by Gasteiger charge is 2.11. The fraction of sp³-hybridized carbons (Fsp3) is 0.600. The molecule has 0 amide bonds. The number of ether oxygens (including phenoxy) is 2. The van der Waals surface area contributed by atoms with Crippen molar-refractivity contribution in [3.05, 3.63) is 23.8 Å². The fourth-order valence-corrected chi connectivity index (χ4v) is 1.52. The number of benzene rings is 1. The van der Waals surface area contributed by atoms with Crippen LogP contribution in [0.25, 0.3) is 0 Å². The summed E-state index contributed by atoms with van der Waals surface area (Å²) < 4.78 is 10.8. The van der Waals surface area contributed by atoms with Crippen molar-refractivity contribution in [2.75, 3.05) is 13.7 Å². The topological polar surface area (TPSA) is 50.7 Å². The second-order valence-electron chi connectivity index (χ2n) is 5.75. The first-order valence-corrected chi connectivity index (χ1v) is 6.54. The summed E-state index contributed by atoms with van der Waals surface area (Å²) in [6.45, 7) is 9.09. The van der Waals surface area contributed by atoms with Gasteiger partial charge in [-0.3, -0.25) is 0 Å². The van der Waals surface area contributed by atoms with Crippen LogP contribution in [-0.2, 0) is 6.54 Å². The Morgan fingerprint density at radius 1 is 1.26 bits per heavy atom. The van der Waals surface area contributed by atoms with Crippen molar-refractivity contribution < 1.29 is 14.6 Å². The zero-order valence-electron chi connectivity index (χ0n) is 12.5. The van der Waals surface area contributed by atoms with Gasteiger partial charge in [0.05, 0.1) is 13.2 Å². The maximum absolute atomic E-state index is 9.28. The highest BCUT2D eigenvalue weighted by atomic mass is 16.5. The number of aliphatic hydroxyl groups excluding tert-OH is 1. The Balaban J connectivity index is 2.76. The molecule has 0 radical (unpaired) electrons. The predicted molar refractivity (Wildman–Crippen MR) is 76.8 cm³/mol. The lowest BCUT2D eigenvalue weighted by atomic mass is 10.1. The lowest BCUT2D eigenvalue weighted by Gasteiger charge is -2.21. The summed E-state index contributed by atoms with van der Waals surface area (Å²) in [5.74, 6) is 1.34. The molecular weight excluding hydrogens is 242 g/mol. The van der Waals surface area contributed by atoms with Crippen LogP contribution >= 0.6 is 0 Å². The second-order valence-corrected chi connectivity index (χ2v) is 5.75. The summed E-state index contributed by atoms with van der Waals surface area (Å²) in [5, 5.41) is 12.7. The van der Waals surface area contributed by atoms with E-state index in [1.165, 1.54) is 0 Å². The third-order valence-electron chi connectivity index (χ3n) is 2.53. The zero-order chi connectivity index (χ0) is 14.5. The average Bonchev–Trinajstić information content (AvgIpc) is 2.33.